The molecule has 0 saturated carbocycles. The summed E-state index contributed by atoms with van der Waals surface area (Å²) in [5, 5.41) is 0.803. The number of aryl methyl sites for hydroxylation is 1. The van der Waals surface area contributed by atoms with E-state index in [4.69, 9.17) is 11.6 Å². The smallest absolute Gasteiger partial charge is 0.123 e. The number of hydrogen-bond acceptors (Lipinski definition) is 1. The quantitative estimate of drug-likeness (QED) is 0.547. The minimum Gasteiger partial charge on any atom is -0.207 e. The van der Waals surface area contributed by atoms with Gasteiger partial charge in [0.1, 0.15) is 5.82 Å². The molecule has 106 valence electrons. The Balaban J connectivity index is 1.85. The molecule has 2 aromatic carbocycles. The van der Waals surface area contributed by atoms with Gasteiger partial charge in [0, 0.05) is 21.2 Å². The van der Waals surface area contributed by atoms with E-state index >= 15 is 0 Å². The van der Waals surface area contributed by atoms with Crippen molar-refractivity contribution in [2.24, 2.45) is 0 Å². The summed E-state index contributed by atoms with van der Waals surface area (Å²) in [5.74, 6) is -0.206. The summed E-state index contributed by atoms with van der Waals surface area (Å²) >= 11 is 7.97. The predicted molar refractivity (Wildman–Crippen MR) is 88.7 cm³/mol. The Morgan fingerprint density at radius 3 is 2.52 bits per heavy atom. The number of thiophene rings is 1. The van der Waals surface area contributed by atoms with E-state index in [1.165, 1.54) is 22.6 Å². The monoisotopic (exact) mass is 316 g/mol. The van der Waals surface area contributed by atoms with Crippen molar-refractivity contribution in [2.45, 2.75) is 13.3 Å². The second-order valence-electron chi connectivity index (χ2n) is 5.04. The number of rotatable bonds is 3. The fraction of sp³-hybridized carbons (Fsp3) is 0.111. The summed E-state index contributed by atoms with van der Waals surface area (Å²) in [7, 11) is 0. The van der Waals surface area contributed by atoms with Crippen molar-refractivity contribution in [1.82, 2.24) is 0 Å². The molecule has 21 heavy (non-hydrogen) atoms. The lowest BCUT2D eigenvalue weighted by Gasteiger charge is -2.04. The molecule has 1 heterocycles. The summed E-state index contributed by atoms with van der Waals surface area (Å²) in [5.41, 5.74) is 3.40. The predicted octanol–water partition coefficient (Wildman–Crippen LogP) is 6.11. The lowest BCUT2D eigenvalue weighted by Crippen LogP contribution is -1.87. The van der Waals surface area contributed by atoms with E-state index in [2.05, 4.69) is 25.1 Å². The van der Waals surface area contributed by atoms with Crippen molar-refractivity contribution in [3.05, 3.63) is 81.4 Å². The van der Waals surface area contributed by atoms with Gasteiger partial charge in [0.05, 0.1) is 0 Å². The highest BCUT2D eigenvalue weighted by Crippen LogP contribution is 2.31. The van der Waals surface area contributed by atoms with Crippen LogP contribution in [-0.4, -0.2) is 0 Å². The molecule has 0 aliphatic carbocycles. The van der Waals surface area contributed by atoms with Gasteiger partial charge in [0.2, 0.25) is 0 Å². The van der Waals surface area contributed by atoms with E-state index in [-0.39, 0.29) is 5.82 Å². The van der Waals surface area contributed by atoms with Gasteiger partial charge in [-0.15, -0.1) is 11.3 Å². The van der Waals surface area contributed by atoms with Crippen LogP contribution in [0.15, 0.2) is 54.6 Å². The maximum Gasteiger partial charge on any atom is 0.123 e. The molecule has 0 saturated heterocycles. The van der Waals surface area contributed by atoms with Crippen LogP contribution in [0, 0.1) is 12.7 Å². The fourth-order valence-corrected chi connectivity index (χ4v) is 3.49. The van der Waals surface area contributed by atoms with Crippen LogP contribution in [-0.2, 0) is 6.42 Å². The van der Waals surface area contributed by atoms with Gasteiger partial charge >= 0.3 is 0 Å². The van der Waals surface area contributed by atoms with Crippen molar-refractivity contribution in [3.8, 4) is 10.4 Å². The van der Waals surface area contributed by atoms with Crippen LogP contribution in [0.4, 0.5) is 4.39 Å². The summed E-state index contributed by atoms with van der Waals surface area (Å²) in [6, 6.07) is 16.9. The Bertz CT molecular complexity index is 759. The molecule has 0 radical (unpaired) electrons. The SMILES string of the molecule is Cc1ccc(Cl)c(Cc2ccc(-c3ccc(F)cc3)s2)c1. The molecule has 0 aliphatic rings. The van der Waals surface area contributed by atoms with Gasteiger partial charge in [0.25, 0.3) is 0 Å². The molecule has 0 fully saturated rings. The van der Waals surface area contributed by atoms with E-state index in [1.54, 1.807) is 11.3 Å². The average molecular weight is 317 g/mol. The minimum atomic E-state index is -0.206. The minimum absolute atomic E-state index is 0.206. The zero-order chi connectivity index (χ0) is 14.8. The molecule has 0 atom stereocenters. The lowest BCUT2D eigenvalue weighted by molar-refractivity contribution is 0.628. The summed E-state index contributed by atoms with van der Waals surface area (Å²) in [4.78, 5) is 2.40. The third-order valence-electron chi connectivity index (χ3n) is 3.36. The van der Waals surface area contributed by atoms with E-state index in [0.29, 0.717) is 0 Å². The first-order valence-electron chi connectivity index (χ1n) is 6.71. The van der Waals surface area contributed by atoms with Crippen molar-refractivity contribution >= 4 is 22.9 Å². The Kier molecular flexibility index (Phi) is 4.09. The molecule has 3 heteroatoms. The van der Waals surface area contributed by atoms with E-state index < -0.39 is 0 Å². The molecule has 0 bridgehead atoms. The van der Waals surface area contributed by atoms with Gasteiger partial charge in [-0.3, -0.25) is 0 Å². The fourth-order valence-electron chi connectivity index (χ4n) is 2.27. The summed E-state index contributed by atoms with van der Waals surface area (Å²) in [6.45, 7) is 2.07. The molecule has 0 spiro atoms. The zero-order valence-corrected chi connectivity index (χ0v) is 13.1. The molecule has 3 rings (SSSR count). The molecule has 0 amide bonds. The van der Waals surface area contributed by atoms with E-state index in [0.717, 1.165) is 27.4 Å². The van der Waals surface area contributed by atoms with Crippen molar-refractivity contribution < 1.29 is 4.39 Å². The number of benzene rings is 2. The van der Waals surface area contributed by atoms with Crippen LogP contribution >= 0.6 is 22.9 Å². The largest absolute Gasteiger partial charge is 0.207 e. The van der Waals surface area contributed by atoms with E-state index in [1.807, 2.05) is 24.3 Å². The van der Waals surface area contributed by atoms with Crippen LogP contribution in [0.1, 0.15) is 16.0 Å². The van der Waals surface area contributed by atoms with Gasteiger partial charge < -0.3 is 0 Å². The summed E-state index contributed by atoms with van der Waals surface area (Å²) < 4.78 is 13.0. The van der Waals surface area contributed by atoms with Crippen LogP contribution < -0.4 is 0 Å². The molecule has 0 nitrogen and oxygen atoms in total. The lowest BCUT2D eigenvalue weighted by atomic mass is 10.1. The first kappa shape index (κ1) is 14.3. The first-order valence-corrected chi connectivity index (χ1v) is 7.91. The van der Waals surface area contributed by atoms with Crippen LogP contribution in [0.5, 0.6) is 0 Å². The van der Waals surface area contributed by atoms with Gasteiger partial charge in [-0.1, -0.05) is 41.4 Å². The second kappa shape index (κ2) is 6.00. The third kappa shape index (κ3) is 3.34. The molecule has 3 aromatic rings. The maximum atomic E-state index is 13.0. The van der Waals surface area contributed by atoms with Gasteiger partial charge in [-0.25, -0.2) is 4.39 Å². The highest BCUT2D eigenvalue weighted by Gasteiger charge is 2.07. The third-order valence-corrected chi connectivity index (χ3v) is 4.86. The second-order valence-corrected chi connectivity index (χ2v) is 6.62. The van der Waals surface area contributed by atoms with Crippen molar-refractivity contribution in [1.29, 1.82) is 0 Å². The standard InChI is InChI=1S/C18H14ClFS/c1-12-2-8-17(19)14(10-12)11-16-7-9-18(21-16)13-3-5-15(20)6-4-13/h2-10H,11H2,1H3. The highest BCUT2D eigenvalue weighted by molar-refractivity contribution is 7.15. The topological polar surface area (TPSA) is 0 Å². The molecule has 1 aromatic heterocycles. The molecule has 0 N–H and O–H groups in total. The summed E-state index contributed by atoms with van der Waals surface area (Å²) in [6.07, 6.45) is 0.826. The molecular formula is C18H14ClFS. The Morgan fingerprint density at radius 2 is 1.76 bits per heavy atom. The molecule has 0 aliphatic heterocycles. The van der Waals surface area contributed by atoms with E-state index in [9.17, 15) is 4.39 Å². The first-order chi connectivity index (χ1) is 10.1. The molecular weight excluding hydrogens is 303 g/mol. The zero-order valence-electron chi connectivity index (χ0n) is 11.6. The Hall–Kier alpha value is -1.64. The number of halogens is 2. The van der Waals surface area contributed by atoms with Gasteiger partial charge in [-0.2, -0.15) is 0 Å². The average Bonchev–Trinajstić information content (AvgIpc) is 2.92. The van der Waals surface area contributed by atoms with Crippen LogP contribution in [0.25, 0.3) is 10.4 Å². The Morgan fingerprint density at radius 1 is 1.00 bits per heavy atom. The molecule has 0 unspecified atom stereocenters. The highest BCUT2D eigenvalue weighted by atomic mass is 35.5. The Labute approximate surface area is 132 Å². The van der Waals surface area contributed by atoms with Gasteiger partial charge in [0.15, 0.2) is 0 Å². The van der Waals surface area contributed by atoms with Crippen molar-refractivity contribution in [3.63, 3.8) is 0 Å². The van der Waals surface area contributed by atoms with Gasteiger partial charge in [-0.05, 0) is 48.4 Å². The normalized spacial score (nSPS) is 10.8. The van der Waals surface area contributed by atoms with Crippen LogP contribution in [0.2, 0.25) is 5.02 Å². The number of hydrogen-bond donors (Lipinski definition) is 0. The van der Waals surface area contributed by atoms with Crippen molar-refractivity contribution in [2.75, 3.05) is 0 Å². The maximum absolute atomic E-state index is 13.0. The van der Waals surface area contributed by atoms with Crippen LogP contribution in [0.3, 0.4) is 0 Å².